The van der Waals surface area contributed by atoms with Crippen LogP contribution < -0.4 is 10.1 Å². The molecule has 3 atom stereocenters. The minimum absolute atomic E-state index is 0.529. The summed E-state index contributed by atoms with van der Waals surface area (Å²) in [6.07, 6.45) is 3.60. The van der Waals surface area contributed by atoms with Crippen LogP contribution in [0.2, 0.25) is 0 Å². The lowest BCUT2D eigenvalue weighted by molar-refractivity contribution is 0.130. The third-order valence-corrected chi connectivity index (χ3v) is 5.16. The van der Waals surface area contributed by atoms with E-state index < -0.39 is 0 Å². The van der Waals surface area contributed by atoms with Crippen LogP contribution in [0.1, 0.15) is 44.7 Å². The third-order valence-electron chi connectivity index (χ3n) is 5.16. The molecule has 2 aliphatic heterocycles. The average molecular weight is 288 g/mol. The number of fused-ring (bicyclic) bond motifs is 1. The minimum atomic E-state index is 0.529. The fourth-order valence-corrected chi connectivity index (χ4v) is 3.63. The molecule has 1 fully saturated rings. The van der Waals surface area contributed by atoms with Gasteiger partial charge in [-0.05, 0) is 24.9 Å². The molecule has 0 aliphatic carbocycles. The Bertz CT molecular complexity index is 462. The second-order valence-corrected chi connectivity index (χ2v) is 6.49. The SMILES string of the molecule is CCC(C)C1CN(C2CCOc3ccccc32)CCCN1. The van der Waals surface area contributed by atoms with Gasteiger partial charge in [-0.2, -0.15) is 0 Å². The smallest absolute Gasteiger partial charge is 0.124 e. The predicted molar refractivity (Wildman–Crippen MR) is 86.7 cm³/mol. The fourth-order valence-electron chi connectivity index (χ4n) is 3.63. The summed E-state index contributed by atoms with van der Waals surface area (Å²) < 4.78 is 5.83. The minimum Gasteiger partial charge on any atom is -0.493 e. The van der Waals surface area contributed by atoms with Crippen LogP contribution in [0.4, 0.5) is 0 Å². The molecule has 3 rings (SSSR count). The summed E-state index contributed by atoms with van der Waals surface area (Å²) in [5.74, 6) is 1.83. The van der Waals surface area contributed by atoms with Crippen molar-refractivity contribution in [2.75, 3.05) is 26.2 Å². The highest BCUT2D eigenvalue weighted by Gasteiger charge is 2.30. The Morgan fingerprint density at radius 3 is 3.10 bits per heavy atom. The quantitative estimate of drug-likeness (QED) is 0.924. The molecule has 0 saturated carbocycles. The predicted octanol–water partition coefficient (Wildman–Crippen LogP) is 3.22. The zero-order valence-electron chi connectivity index (χ0n) is 13.3. The zero-order valence-corrected chi connectivity index (χ0v) is 13.3. The largest absolute Gasteiger partial charge is 0.493 e. The van der Waals surface area contributed by atoms with E-state index in [0.29, 0.717) is 12.1 Å². The number of hydrogen-bond acceptors (Lipinski definition) is 3. The van der Waals surface area contributed by atoms with Crippen LogP contribution in [0.15, 0.2) is 24.3 Å². The molecule has 2 aliphatic rings. The van der Waals surface area contributed by atoms with E-state index in [-0.39, 0.29) is 0 Å². The molecule has 2 heterocycles. The van der Waals surface area contributed by atoms with Gasteiger partial charge in [0, 0.05) is 37.2 Å². The molecule has 0 radical (unpaired) electrons. The summed E-state index contributed by atoms with van der Waals surface area (Å²) in [5, 5.41) is 3.75. The number of para-hydroxylation sites is 1. The van der Waals surface area contributed by atoms with Crippen molar-refractivity contribution in [1.29, 1.82) is 0 Å². The van der Waals surface area contributed by atoms with E-state index in [0.717, 1.165) is 37.8 Å². The highest BCUT2D eigenvalue weighted by molar-refractivity contribution is 5.37. The zero-order chi connectivity index (χ0) is 14.7. The van der Waals surface area contributed by atoms with Gasteiger partial charge in [0.05, 0.1) is 6.61 Å². The van der Waals surface area contributed by atoms with Crippen LogP contribution in [0.25, 0.3) is 0 Å². The number of hydrogen-bond donors (Lipinski definition) is 1. The van der Waals surface area contributed by atoms with Crippen molar-refractivity contribution in [2.24, 2.45) is 5.92 Å². The monoisotopic (exact) mass is 288 g/mol. The van der Waals surface area contributed by atoms with Crippen molar-refractivity contribution < 1.29 is 4.74 Å². The second-order valence-electron chi connectivity index (χ2n) is 6.49. The summed E-state index contributed by atoms with van der Waals surface area (Å²) in [7, 11) is 0. The molecule has 0 aromatic heterocycles. The van der Waals surface area contributed by atoms with E-state index in [9.17, 15) is 0 Å². The summed E-state index contributed by atoms with van der Waals surface area (Å²) in [6.45, 7) is 9.02. The second kappa shape index (κ2) is 6.80. The van der Waals surface area contributed by atoms with E-state index in [2.05, 4.69) is 48.3 Å². The average Bonchev–Trinajstić information content (AvgIpc) is 2.79. The van der Waals surface area contributed by atoms with E-state index in [1.54, 1.807) is 0 Å². The maximum absolute atomic E-state index is 5.83. The lowest BCUT2D eigenvalue weighted by atomic mass is 9.95. The highest BCUT2D eigenvalue weighted by atomic mass is 16.5. The Morgan fingerprint density at radius 2 is 2.24 bits per heavy atom. The molecule has 21 heavy (non-hydrogen) atoms. The van der Waals surface area contributed by atoms with Crippen LogP contribution in [0.5, 0.6) is 5.75 Å². The van der Waals surface area contributed by atoms with Gasteiger partial charge in [-0.25, -0.2) is 0 Å². The molecular formula is C18H28N2O. The van der Waals surface area contributed by atoms with Gasteiger partial charge in [-0.1, -0.05) is 38.5 Å². The first-order chi connectivity index (χ1) is 10.3. The van der Waals surface area contributed by atoms with Crippen molar-refractivity contribution in [3.8, 4) is 5.75 Å². The molecule has 0 bridgehead atoms. The molecule has 0 amide bonds. The molecular weight excluding hydrogens is 260 g/mol. The molecule has 3 heteroatoms. The van der Waals surface area contributed by atoms with E-state index in [1.165, 1.54) is 24.9 Å². The van der Waals surface area contributed by atoms with Gasteiger partial charge in [-0.15, -0.1) is 0 Å². The first-order valence-corrected chi connectivity index (χ1v) is 8.48. The maximum Gasteiger partial charge on any atom is 0.124 e. The van der Waals surface area contributed by atoms with Crippen LogP contribution in [-0.4, -0.2) is 37.2 Å². The van der Waals surface area contributed by atoms with Gasteiger partial charge >= 0.3 is 0 Å². The number of benzene rings is 1. The van der Waals surface area contributed by atoms with Crippen molar-refractivity contribution in [3.63, 3.8) is 0 Å². The Morgan fingerprint density at radius 1 is 1.38 bits per heavy atom. The van der Waals surface area contributed by atoms with Gasteiger partial charge in [0.1, 0.15) is 5.75 Å². The summed E-state index contributed by atoms with van der Waals surface area (Å²) >= 11 is 0. The number of rotatable bonds is 3. The lowest BCUT2D eigenvalue weighted by Gasteiger charge is -2.37. The van der Waals surface area contributed by atoms with E-state index in [4.69, 9.17) is 4.74 Å². The van der Waals surface area contributed by atoms with Gasteiger partial charge in [-0.3, -0.25) is 4.90 Å². The normalized spacial score (nSPS) is 28.3. The Hall–Kier alpha value is -1.06. The van der Waals surface area contributed by atoms with Crippen molar-refractivity contribution in [2.45, 2.75) is 45.2 Å². The third kappa shape index (κ3) is 3.24. The van der Waals surface area contributed by atoms with Crippen molar-refractivity contribution >= 4 is 0 Å². The Kier molecular flexibility index (Phi) is 4.81. The van der Waals surface area contributed by atoms with Gasteiger partial charge in [0.25, 0.3) is 0 Å². The molecule has 1 N–H and O–H groups in total. The molecule has 3 unspecified atom stereocenters. The summed E-state index contributed by atoms with van der Waals surface area (Å²) in [5.41, 5.74) is 1.38. The van der Waals surface area contributed by atoms with Gasteiger partial charge in [0.2, 0.25) is 0 Å². The first-order valence-electron chi connectivity index (χ1n) is 8.48. The molecule has 1 aromatic carbocycles. The fraction of sp³-hybridized carbons (Fsp3) is 0.667. The van der Waals surface area contributed by atoms with Crippen LogP contribution in [-0.2, 0) is 0 Å². The van der Waals surface area contributed by atoms with Crippen molar-refractivity contribution in [3.05, 3.63) is 29.8 Å². The van der Waals surface area contributed by atoms with Crippen molar-refractivity contribution in [1.82, 2.24) is 10.2 Å². The standard InChI is InChI=1S/C18H28N2O/c1-3-14(2)16-13-20(11-6-10-19-16)17-9-12-21-18-8-5-4-7-15(17)18/h4-5,7-8,14,16-17,19H,3,6,9-13H2,1-2H3. The lowest BCUT2D eigenvalue weighted by Crippen LogP contribution is -2.43. The van der Waals surface area contributed by atoms with Crippen LogP contribution in [0, 0.1) is 5.92 Å². The Balaban J connectivity index is 1.79. The number of nitrogens with one attached hydrogen (secondary N) is 1. The number of ether oxygens (including phenoxy) is 1. The first kappa shape index (κ1) is 14.9. The maximum atomic E-state index is 5.83. The molecule has 1 saturated heterocycles. The summed E-state index contributed by atoms with van der Waals surface area (Å²) in [6, 6.07) is 9.73. The van der Waals surface area contributed by atoms with E-state index in [1.807, 2.05) is 0 Å². The topological polar surface area (TPSA) is 24.5 Å². The Labute approximate surface area is 128 Å². The molecule has 0 spiro atoms. The molecule has 3 nitrogen and oxygen atoms in total. The van der Waals surface area contributed by atoms with E-state index >= 15 is 0 Å². The van der Waals surface area contributed by atoms with Crippen LogP contribution in [0.3, 0.4) is 0 Å². The van der Waals surface area contributed by atoms with Crippen LogP contribution >= 0.6 is 0 Å². The van der Waals surface area contributed by atoms with Gasteiger partial charge < -0.3 is 10.1 Å². The number of nitrogens with zero attached hydrogens (tertiary/aromatic N) is 1. The molecule has 116 valence electrons. The van der Waals surface area contributed by atoms with Gasteiger partial charge in [0.15, 0.2) is 0 Å². The summed E-state index contributed by atoms with van der Waals surface area (Å²) in [4.78, 5) is 2.69. The molecule has 1 aromatic rings. The highest BCUT2D eigenvalue weighted by Crippen LogP contribution is 2.36.